The van der Waals surface area contributed by atoms with Crippen molar-refractivity contribution in [2.45, 2.75) is 58.6 Å². The second-order valence-electron chi connectivity index (χ2n) is 19.7. The summed E-state index contributed by atoms with van der Waals surface area (Å²) < 4.78 is 77.5. The summed E-state index contributed by atoms with van der Waals surface area (Å²) >= 11 is 0. The standard InChI is InChI=1S/C33H26F3N3O2.C24H15F3N2O3.C10H15N/c1-20-7-9-22(10-8-20)21(2)37-31(40)25-13-17-29-24(19-25)14-18-30(38-29)39-32(41)28-6-4-3-5-27(28)23-11-15-26(16-12-23)33(34,35)36;25-24(26,27)17-9-5-14(6-10-17)18-3-1-2-4-19(18)22(30)29-21-12-8-15-13-16(23(31)32)7-11-20(15)28-21;1-3-10(11)9-6-4-8(2)5-7-9/h3-19,21H,1-2H3,(H,37,40)(H,38,39,41);1-13H,(H,31,32)(H,28,29,30);4-7,10H,3,11H2,1-2H3/t21-;;10-/m1.1/s1. The number of amides is 3. The first-order chi connectivity index (χ1) is 40.0. The number of rotatable bonds is 12. The van der Waals surface area contributed by atoms with Gasteiger partial charge in [0.15, 0.2) is 0 Å². The van der Waals surface area contributed by atoms with Crippen LogP contribution < -0.4 is 21.7 Å². The van der Waals surface area contributed by atoms with E-state index in [0.29, 0.717) is 55.6 Å². The van der Waals surface area contributed by atoms with Crippen LogP contribution in [0.25, 0.3) is 44.1 Å². The van der Waals surface area contributed by atoms with Gasteiger partial charge in [-0.15, -0.1) is 0 Å². The van der Waals surface area contributed by atoms with E-state index in [0.717, 1.165) is 47.2 Å². The molecule has 10 aromatic rings. The first-order valence-corrected chi connectivity index (χ1v) is 26.4. The van der Waals surface area contributed by atoms with E-state index in [1.165, 1.54) is 47.5 Å². The lowest BCUT2D eigenvalue weighted by molar-refractivity contribution is -0.138. The van der Waals surface area contributed by atoms with E-state index < -0.39 is 41.3 Å². The van der Waals surface area contributed by atoms with E-state index in [1.807, 2.05) is 38.1 Å². The van der Waals surface area contributed by atoms with Crippen molar-refractivity contribution < 1.29 is 50.6 Å². The Bertz CT molecular complexity index is 3990. The third-order valence-electron chi connectivity index (χ3n) is 13.6. The number of nitrogens with zero attached hydrogens (tertiary/aromatic N) is 2. The van der Waals surface area contributed by atoms with Gasteiger partial charge in [0.1, 0.15) is 11.6 Å². The number of pyridine rings is 2. The molecule has 0 aliphatic rings. The van der Waals surface area contributed by atoms with Gasteiger partial charge < -0.3 is 26.8 Å². The minimum absolute atomic E-state index is 0.126. The Morgan fingerprint density at radius 1 is 0.500 bits per heavy atom. The van der Waals surface area contributed by atoms with Crippen LogP contribution in [0.2, 0.25) is 0 Å². The highest BCUT2D eigenvalue weighted by molar-refractivity contribution is 6.10. The lowest BCUT2D eigenvalue weighted by atomic mass is 9.98. The quantitative estimate of drug-likeness (QED) is 0.0751. The Balaban J connectivity index is 0.000000189. The van der Waals surface area contributed by atoms with Gasteiger partial charge in [-0.2, -0.15) is 26.3 Å². The van der Waals surface area contributed by atoms with Crippen LogP contribution in [0.15, 0.2) is 206 Å². The Kier molecular flexibility index (Phi) is 18.8. The number of nitrogens with two attached hydrogens (primary N) is 1. The molecule has 2 aromatic heterocycles. The molecule has 10 rings (SSSR count). The van der Waals surface area contributed by atoms with Gasteiger partial charge in [-0.05, 0) is 158 Å². The molecular formula is C67H56F6N6O5. The number of carbonyl (C=O) groups is 4. The molecule has 17 heteroatoms. The van der Waals surface area contributed by atoms with Gasteiger partial charge in [-0.25, -0.2) is 14.8 Å². The molecule has 3 amide bonds. The van der Waals surface area contributed by atoms with Crippen molar-refractivity contribution in [1.29, 1.82) is 0 Å². The number of carboxylic acid groups (broad SMARTS) is 1. The molecule has 426 valence electrons. The fourth-order valence-corrected chi connectivity index (χ4v) is 8.84. The third-order valence-corrected chi connectivity index (χ3v) is 13.6. The molecule has 0 bridgehead atoms. The van der Waals surface area contributed by atoms with Gasteiger partial charge in [0.2, 0.25) is 0 Å². The SMILES string of the molecule is CC[C@@H](N)c1ccc(C)cc1.Cc1ccc([C@@H](C)NC(=O)c2ccc3nc(NC(=O)c4ccccc4-c4ccc(C(F)(F)F)cc4)ccc3c2)cc1.O=C(O)c1ccc2nc(NC(=O)c3ccccc3-c3ccc(C(F)(F)F)cc3)ccc2c1. The lowest BCUT2D eigenvalue weighted by Crippen LogP contribution is -2.26. The number of carboxylic acids is 1. The summed E-state index contributed by atoms with van der Waals surface area (Å²) in [5, 5.41) is 18.9. The maximum Gasteiger partial charge on any atom is 0.416 e. The van der Waals surface area contributed by atoms with Gasteiger partial charge in [0.25, 0.3) is 17.7 Å². The maximum absolute atomic E-state index is 13.2. The van der Waals surface area contributed by atoms with Crippen molar-refractivity contribution in [3.63, 3.8) is 0 Å². The fourth-order valence-electron chi connectivity index (χ4n) is 8.84. The van der Waals surface area contributed by atoms with Crippen LogP contribution in [0, 0.1) is 13.8 Å². The summed E-state index contributed by atoms with van der Waals surface area (Å²) in [6.45, 7) is 8.12. The average Bonchev–Trinajstić information content (AvgIpc) is 3.61. The van der Waals surface area contributed by atoms with Crippen LogP contribution in [0.3, 0.4) is 0 Å². The van der Waals surface area contributed by atoms with E-state index in [2.05, 4.69) is 64.0 Å². The van der Waals surface area contributed by atoms with Crippen molar-refractivity contribution in [2.24, 2.45) is 5.73 Å². The molecule has 0 aliphatic heterocycles. The zero-order valence-corrected chi connectivity index (χ0v) is 45.8. The normalized spacial score (nSPS) is 11.9. The van der Waals surface area contributed by atoms with Crippen molar-refractivity contribution in [3.05, 3.63) is 262 Å². The molecule has 11 nitrogen and oxygen atoms in total. The predicted octanol–water partition coefficient (Wildman–Crippen LogP) is 16.2. The number of anilines is 2. The zero-order valence-electron chi connectivity index (χ0n) is 45.8. The number of nitrogens with one attached hydrogen (secondary N) is 3. The molecule has 0 saturated carbocycles. The number of aryl methyl sites for hydroxylation is 2. The summed E-state index contributed by atoms with van der Waals surface area (Å²) in [7, 11) is 0. The Labute approximate surface area is 480 Å². The first-order valence-electron chi connectivity index (χ1n) is 26.4. The van der Waals surface area contributed by atoms with Crippen LogP contribution in [0.5, 0.6) is 0 Å². The number of carbonyl (C=O) groups excluding carboxylic acids is 3. The molecule has 84 heavy (non-hydrogen) atoms. The number of hydrogen-bond acceptors (Lipinski definition) is 7. The van der Waals surface area contributed by atoms with Crippen LogP contribution in [-0.2, 0) is 12.4 Å². The van der Waals surface area contributed by atoms with Gasteiger partial charge in [0, 0.05) is 33.5 Å². The molecule has 0 aliphatic carbocycles. The number of hydrogen-bond donors (Lipinski definition) is 5. The maximum atomic E-state index is 13.2. The Hall–Kier alpha value is -10.0. The number of aromatic nitrogens is 2. The number of benzene rings is 8. The topological polar surface area (TPSA) is 176 Å². The highest BCUT2D eigenvalue weighted by Gasteiger charge is 2.31. The van der Waals surface area contributed by atoms with Gasteiger partial charge in [-0.1, -0.05) is 127 Å². The zero-order chi connectivity index (χ0) is 60.3. The monoisotopic (exact) mass is 1140 g/mol. The second kappa shape index (κ2) is 26.3. The molecular weight excluding hydrogens is 1080 g/mol. The van der Waals surface area contributed by atoms with Gasteiger partial charge >= 0.3 is 18.3 Å². The molecule has 2 heterocycles. The second-order valence-corrected chi connectivity index (χ2v) is 19.7. The van der Waals surface area contributed by atoms with Crippen LogP contribution in [-0.4, -0.2) is 38.8 Å². The lowest BCUT2D eigenvalue weighted by Gasteiger charge is -2.15. The minimum atomic E-state index is -4.44. The summed E-state index contributed by atoms with van der Waals surface area (Å²) in [5.41, 5.74) is 13.2. The first kappa shape index (κ1) is 60.1. The van der Waals surface area contributed by atoms with Crippen molar-refractivity contribution in [3.8, 4) is 22.3 Å². The smallest absolute Gasteiger partial charge is 0.416 e. The predicted molar refractivity (Wildman–Crippen MR) is 316 cm³/mol. The molecule has 0 fully saturated rings. The molecule has 0 spiro atoms. The van der Waals surface area contributed by atoms with E-state index in [4.69, 9.17) is 10.8 Å². The van der Waals surface area contributed by atoms with E-state index in [-0.39, 0.29) is 34.9 Å². The fraction of sp³-hybridized carbons (Fsp3) is 0.134. The van der Waals surface area contributed by atoms with Crippen LogP contribution in [0.1, 0.15) is 107 Å². The minimum Gasteiger partial charge on any atom is -0.478 e. The average molecular weight is 1140 g/mol. The number of halogens is 6. The van der Waals surface area contributed by atoms with Gasteiger partial charge in [-0.3, -0.25) is 14.4 Å². The summed E-state index contributed by atoms with van der Waals surface area (Å²) in [5.74, 6) is -1.63. The molecule has 2 atom stereocenters. The number of alkyl halides is 6. The summed E-state index contributed by atoms with van der Waals surface area (Å²) in [6, 6.07) is 55.1. The Morgan fingerprint density at radius 2 is 0.905 bits per heavy atom. The van der Waals surface area contributed by atoms with E-state index >= 15 is 0 Å². The molecule has 6 N–H and O–H groups in total. The summed E-state index contributed by atoms with van der Waals surface area (Å²) in [4.78, 5) is 58.9. The molecule has 0 unspecified atom stereocenters. The Morgan fingerprint density at radius 3 is 1.32 bits per heavy atom. The van der Waals surface area contributed by atoms with Crippen molar-refractivity contribution in [1.82, 2.24) is 15.3 Å². The van der Waals surface area contributed by atoms with E-state index in [9.17, 15) is 45.5 Å². The van der Waals surface area contributed by atoms with Gasteiger partial charge in [0.05, 0.1) is 33.8 Å². The number of fused-ring (bicyclic) bond motifs is 2. The third kappa shape index (κ3) is 15.3. The molecule has 8 aromatic carbocycles. The molecule has 0 saturated heterocycles. The highest BCUT2D eigenvalue weighted by atomic mass is 19.4. The van der Waals surface area contributed by atoms with Crippen LogP contribution in [0.4, 0.5) is 38.0 Å². The highest BCUT2D eigenvalue weighted by Crippen LogP contribution is 2.34. The number of aromatic carboxylic acids is 1. The largest absolute Gasteiger partial charge is 0.478 e. The van der Waals surface area contributed by atoms with E-state index in [1.54, 1.807) is 97.1 Å². The van der Waals surface area contributed by atoms with Crippen molar-refractivity contribution in [2.75, 3.05) is 10.6 Å². The van der Waals surface area contributed by atoms with Crippen LogP contribution >= 0.6 is 0 Å². The molecule has 0 radical (unpaired) electrons. The summed E-state index contributed by atoms with van der Waals surface area (Å²) in [6.07, 6.45) is -7.88. The van der Waals surface area contributed by atoms with Crippen molar-refractivity contribution >= 4 is 57.1 Å².